The molecule has 1 aromatic carbocycles. The molecular weight excluding hydrogens is 400 g/mol. The van der Waals surface area contributed by atoms with Crippen molar-refractivity contribution in [1.82, 2.24) is 9.97 Å². The van der Waals surface area contributed by atoms with Crippen molar-refractivity contribution in [2.24, 2.45) is 0 Å². The van der Waals surface area contributed by atoms with Crippen molar-refractivity contribution < 1.29 is 26.0 Å². The molecule has 1 saturated heterocycles. The minimum atomic E-state index is -5.67. The van der Waals surface area contributed by atoms with E-state index in [-0.39, 0.29) is 18.8 Å². The van der Waals surface area contributed by atoms with Crippen LogP contribution in [0.1, 0.15) is 11.5 Å². The lowest BCUT2D eigenvalue weighted by Gasteiger charge is -2.37. The molecule has 2 aromatic rings. The lowest BCUT2D eigenvalue weighted by atomic mass is 10.2. The van der Waals surface area contributed by atoms with E-state index in [4.69, 9.17) is 0 Å². The number of hydrogen-bond donors (Lipinski definition) is 0. The van der Waals surface area contributed by atoms with Gasteiger partial charge >= 0.3 is 5.51 Å². The molecule has 2 heterocycles. The van der Waals surface area contributed by atoms with Crippen molar-refractivity contribution in [3.8, 4) is 0 Å². The Balaban J connectivity index is 1.87. The standard InChI is InChI=1S/C17H18F4N4O2S/c1-11-9-16(23-12(2)22-11)25-7-5-24(6-8-25)14-4-3-13(18)10-15(14)28(26,27)17(19,20)21/h3-4,9-10H,5-8H2,1-2H3. The molecule has 0 atom stereocenters. The predicted octanol–water partition coefficient (Wildman–Crippen LogP) is 2.85. The van der Waals surface area contributed by atoms with Gasteiger partial charge in [-0.15, -0.1) is 0 Å². The molecule has 1 aliphatic heterocycles. The van der Waals surface area contributed by atoms with E-state index in [1.807, 2.05) is 11.8 Å². The van der Waals surface area contributed by atoms with Gasteiger partial charge in [0.05, 0.1) is 5.69 Å². The molecule has 0 saturated carbocycles. The molecule has 0 amide bonds. The molecule has 0 bridgehead atoms. The van der Waals surface area contributed by atoms with Crippen LogP contribution in [0.4, 0.5) is 29.1 Å². The Morgan fingerprint density at radius 3 is 2.14 bits per heavy atom. The number of hydrogen-bond acceptors (Lipinski definition) is 6. The fraction of sp³-hybridized carbons (Fsp3) is 0.412. The number of nitrogens with zero attached hydrogens (tertiary/aromatic N) is 4. The van der Waals surface area contributed by atoms with Crippen LogP contribution in [0.5, 0.6) is 0 Å². The zero-order valence-corrected chi connectivity index (χ0v) is 16.0. The number of aromatic nitrogens is 2. The van der Waals surface area contributed by atoms with Crippen molar-refractivity contribution in [1.29, 1.82) is 0 Å². The molecule has 1 aliphatic rings. The van der Waals surface area contributed by atoms with E-state index in [1.54, 1.807) is 13.0 Å². The number of sulfone groups is 1. The molecule has 0 unspecified atom stereocenters. The normalized spacial score (nSPS) is 15.8. The van der Waals surface area contributed by atoms with E-state index >= 15 is 0 Å². The Morgan fingerprint density at radius 2 is 1.57 bits per heavy atom. The van der Waals surface area contributed by atoms with Crippen LogP contribution in [0.2, 0.25) is 0 Å². The van der Waals surface area contributed by atoms with Crippen LogP contribution in [-0.2, 0) is 9.84 Å². The van der Waals surface area contributed by atoms with E-state index in [0.29, 0.717) is 30.8 Å². The van der Waals surface area contributed by atoms with Crippen LogP contribution < -0.4 is 9.80 Å². The van der Waals surface area contributed by atoms with Gasteiger partial charge in [0.15, 0.2) is 0 Å². The van der Waals surface area contributed by atoms with Gasteiger partial charge in [0.2, 0.25) is 0 Å². The topological polar surface area (TPSA) is 66.4 Å². The van der Waals surface area contributed by atoms with Gasteiger partial charge in [-0.05, 0) is 32.0 Å². The first-order valence-electron chi connectivity index (χ1n) is 8.42. The summed E-state index contributed by atoms with van der Waals surface area (Å²) in [7, 11) is -5.67. The van der Waals surface area contributed by atoms with Gasteiger partial charge in [-0.3, -0.25) is 0 Å². The van der Waals surface area contributed by atoms with Crippen LogP contribution >= 0.6 is 0 Å². The van der Waals surface area contributed by atoms with Gasteiger partial charge in [0, 0.05) is 37.9 Å². The first kappa shape index (κ1) is 20.3. The zero-order chi connectivity index (χ0) is 20.7. The number of benzene rings is 1. The van der Waals surface area contributed by atoms with Gasteiger partial charge in [-0.1, -0.05) is 0 Å². The third-order valence-corrected chi connectivity index (χ3v) is 5.93. The maximum atomic E-state index is 13.5. The Labute approximate surface area is 159 Å². The summed E-state index contributed by atoms with van der Waals surface area (Å²) in [5.74, 6) is 0.263. The van der Waals surface area contributed by atoms with Crippen molar-refractivity contribution in [3.63, 3.8) is 0 Å². The van der Waals surface area contributed by atoms with Crippen molar-refractivity contribution in [3.05, 3.63) is 41.6 Å². The van der Waals surface area contributed by atoms with Crippen LogP contribution in [0, 0.1) is 19.7 Å². The zero-order valence-electron chi connectivity index (χ0n) is 15.2. The van der Waals surface area contributed by atoms with E-state index in [0.717, 1.165) is 17.8 Å². The fourth-order valence-corrected chi connectivity index (χ4v) is 4.11. The number of piperazine rings is 1. The summed E-state index contributed by atoms with van der Waals surface area (Å²) < 4.78 is 76.3. The highest BCUT2D eigenvalue weighted by molar-refractivity contribution is 7.92. The molecule has 1 fully saturated rings. The number of rotatable bonds is 3. The van der Waals surface area contributed by atoms with Gasteiger partial charge < -0.3 is 9.80 Å². The minimum Gasteiger partial charge on any atom is -0.367 e. The lowest BCUT2D eigenvalue weighted by molar-refractivity contribution is -0.0435. The molecule has 11 heteroatoms. The highest BCUT2D eigenvalue weighted by Gasteiger charge is 2.48. The Hall–Kier alpha value is -2.43. The second kappa shape index (κ2) is 7.19. The summed E-state index contributed by atoms with van der Waals surface area (Å²) in [6.45, 7) is 4.94. The smallest absolute Gasteiger partial charge is 0.367 e. The van der Waals surface area contributed by atoms with Crippen LogP contribution in [-0.4, -0.2) is 50.1 Å². The number of alkyl halides is 3. The van der Waals surface area contributed by atoms with Crippen molar-refractivity contribution in [2.75, 3.05) is 36.0 Å². The summed E-state index contributed by atoms with van der Waals surface area (Å²) in [6, 6.07) is 4.25. The molecule has 152 valence electrons. The first-order valence-corrected chi connectivity index (χ1v) is 9.90. The first-order chi connectivity index (χ1) is 13.0. The van der Waals surface area contributed by atoms with Crippen molar-refractivity contribution in [2.45, 2.75) is 24.3 Å². The predicted molar refractivity (Wildman–Crippen MR) is 95.6 cm³/mol. The van der Waals surface area contributed by atoms with E-state index in [2.05, 4.69) is 9.97 Å². The molecule has 0 N–H and O–H groups in total. The van der Waals surface area contributed by atoms with Gasteiger partial charge in [0.1, 0.15) is 22.4 Å². The highest BCUT2D eigenvalue weighted by atomic mass is 32.2. The number of halogens is 4. The number of aryl methyl sites for hydroxylation is 2. The SMILES string of the molecule is Cc1cc(N2CCN(c3ccc(F)cc3S(=O)(=O)C(F)(F)F)CC2)nc(C)n1. The minimum absolute atomic E-state index is 0.159. The van der Waals surface area contributed by atoms with Gasteiger partial charge in [-0.25, -0.2) is 22.8 Å². The average Bonchev–Trinajstić information content (AvgIpc) is 2.60. The Kier molecular flexibility index (Phi) is 5.22. The second-order valence-corrected chi connectivity index (χ2v) is 8.36. The fourth-order valence-electron chi connectivity index (χ4n) is 3.12. The van der Waals surface area contributed by atoms with E-state index < -0.39 is 26.1 Å². The molecule has 0 aliphatic carbocycles. The lowest BCUT2D eigenvalue weighted by Crippen LogP contribution is -2.47. The van der Waals surface area contributed by atoms with Crippen LogP contribution in [0.25, 0.3) is 0 Å². The molecule has 3 rings (SSSR count). The van der Waals surface area contributed by atoms with Crippen LogP contribution in [0.15, 0.2) is 29.2 Å². The maximum absolute atomic E-state index is 13.5. The molecule has 0 radical (unpaired) electrons. The molecule has 0 spiro atoms. The maximum Gasteiger partial charge on any atom is 0.501 e. The third kappa shape index (κ3) is 3.89. The molecular formula is C17H18F4N4O2S. The summed E-state index contributed by atoms with van der Waals surface area (Å²) in [5.41, 5.74) is -4.87. The Morgan fingerprint density at radius 1 is 0.964 bits per heavy atom. The molecule has 28 heavy (non-hydrogen) atoms. The van der Waals surface area contributed by atoms with Crippen molar-refractivity contribution >= 4 is 21.3 Å². The van der Waals surface area contributed by atoms with Gasteiger partial charge in [0.25, 0.3) is 9.84 Å². The second-order valence-electron chi connectivity index (χ2n) is 6.45. The van der Waals surface area contributed by atoms with Crippen LogP contribution in [0.3, 0.4) is 0 Å². The monoisotopic (exact) mass is 418 g/mol. The quantitative estimate of drug-likeness (QED) is 0.715. The van der Waals surface area contributed by atoms with E-state index in [9.17, 15) is 26.0 Å². The average molecular weight is 418 g/mol. The summed E-state index contributed by atoms with van der Waals surface area (Å²) >= 11 is 0. The summed E-state index contributed by atoms with van der Waals surface area (Å²) in [4.78, 5) is 10.9. The largest absolute Gasteiger partial charge is 0.501 e. The summed E-state index contributed by atoms with van der Waals surface area (Å²) in [6.07, 6.45) is 0. The molecule has 6 nitrogen and oxygen atoms in total. The molecule has 1 aromatic heterocycles. The van der Waals surface area contributed by atoms with Gasteiger partial charge in [-0.2, -0.15) is 13.2 Å². The Bertz CT molecular complexity index is 967. The highest BCUT2D eigenvalue weighted by Crippen LogP contribution is 2.36. The summed E-state index contributed by atoms with van der Waals surface area (Å²) in [5, 5.41) is 0. The number of anilines is 2. The van der Waals surface area contributed by atoms with E-state index in [1.165, 1.54) is 4.90 Å². The third-order valence-electron chi connectivity index (χ3n) is 4.41.